The van der Waals surface area contributed by atoms with E-state index in [1.54, 1.807) is 43.3 Å². The van der Waals surface area contributed by atoms with Gasteiger partial charge in [-0.2, -0.15) is 0 Å². The van der Waals surface area contributed by atoms with Crippen molar-refractivity contribution < 1.29 is 13.6 Å². The average Bonchev–Trinajstić information content (AvgIpc) is 3.26. The van der Waals surface area contributed by atoms with Crippen LogP contribution < -0.4 is 10.6 Å². The van der Waals surface area contributed by atoms with Crippen molar-refractivity contribution in [2.75, 3.05) is 5.32 Å². The van der Waals surface area contributed by atoms with E-state index in [1.165, 1.54) is 6.07 Å². The van der Waals surface area contributed by atoms with Crippen molar-refractivity contribution in [2.45, 2.75) is 13.0 Å². The summed E-state index contributed by atoms with van der Waals surface area (Å²) in [4.78, 5) is 12.6. The van der Waals surface area contributed by atoms with Crippen molar-refractivity contribution in [3.05, 3.63) is 101 Å². The van der Waals surface area contributed by atoms with Gasteiger partial charge in [0, 0.05) is 16.3 Å². The van der Waals surface area contributed by atoms with Gasteiger partial charge in [-0.25, -0.2) is 9.18 Å². The van der Waals surface area contributed by atoms with Crippen LogP contribution in [0.3, 0.4) is 0 Å². The molecular weight excluding hydrogens is 419 g/mol. The van der Waals surface area contributed by atoms with Gasteiger partial charge in [0.25, 0.3) is 0 Å². The number of hydrogen-bond donors (Lipinski definition) is 2. The molecule has 6 nitrogen and oxygen atoms in total. The van der Waals surface area contributed by atoms with E-state index < -0.39 is 17.9 Å². The number of hydrogen-bond acceptors (Lipinski definition) is 4. The molecule has 1 aromatic heterocycles. The van der Waals surface area contributed by atoms with Crippen LogP contribution in [0.4, 0.5) is 14.9 Å². The van der Waals surface area contributed by atoms with Crippen LogP contribution in [0.25, 0.3) is 11.5 Å². The van der Waals surface area contributed by atoms with Gasteiger partial charge in [0.05, 0.1) is 0 Å². The van der Waals surface area contributed by atoms with Crippen molar-refractivity contribution in [2.24, 2.45) is 0 Å². The maximum atomic E-state index is 13.8. The van der Waals surface area contributed by atoms with E-state index in [0.717, 1.165) is 5.56 Å². The van der Waals surface area contributed by atoms with Crippen molar-refractivity contribution >= 4 is 23.3 Å². The Balaban J connectivity index is 1.59. The molecular formula is C23H18ClFN4O2. The van der Waals surface area contributed by atoms with E-state index >= 15 is 0 Å². The molecule has 2 N–H and O–H groups in total. The number of urea groups is 1. The second kappa shape index (κ2) is 8.97. The lowest BCUT2D eigenvalue weighted by atomic mass is 10.1. The number of rotatable bonds is 5. The van der Waals surface area contributed by atoms with Crippen LogP contribution in [0.2, 0.25) is 5.02 Å². The van der Waals surface area contributed by atoms with Gasteiger partial charge in [0.1, 0.15) is 11.9 Å². The molecule has 1 atom stereocenters. The molecule has 4 aromatic rings. The summed E-state index contributed by atoms with van der Waals surface area (Å²) in [6, 6.07) is 19.4. The molecule has 3 aromatic carbocycles. The van der Waals surface area contributed by atoms with Crippen molar-refractivity contribution in [1.82, 2.24) is 15.5 Å². The zero-order valence-electron chi connectivity index (χ0n) is 16.5. The number of aryl methyl sites for hydroxylation is 1. The minimum atomic E-state index is -0.704. The fraction of sp³-hybridized carbons (Fsp3) is 0.0870. The summed E-state index contributed by atoms with van der Waals surface area (Å²) in [5, 5.41) is 14.3. The van der Waals surface area contributed by atoms with E-state index in [1.807, 2.05) is 30.3 Å². The minimum Gasteiger partial charge on any atom is -0.418 e. The zero-order valence-corrected chi connectivity index (χ0v) is 17.2. The first-order valence-electron chi connectivity index (χ1n) is 9.47. The highest BCUT2D eigenvalue weighted by molar-refractivity contribution is 6.30. The summed E-state index contributed by atoms with van der Waals surface area (Å²) in [5.74, 6) is 0.110. The van der Waals surface area contributed by atoms with Crippen molar-refractivity contribution in [1.29, 1.82) is 0 Å². The maximum Gasteiger partial charge on any atom is 0.320 e. The molecule has 0 radical (unpaired) electrons. The van der Waals surface area contributed by atoms with E-state index in [2.05, 4.69) is 20.8 Å². The minimum absolute atomic E-state index is 0.210. The van der Waals surface area contributed by atoms with Gasteiger partial charge in [-0.1, -0.05) is 48.0 Å². The summed E-state index contributed by atoms with van der Waals surface area (Å²) in [6.45, 7) is 1.65. The molecule has 156 valence electrons. The number of anilines is 1. The van der Waals surface area contributed by atoms with E-state index in [4.69, 9.17) is 16.0 Å². The summed E-state index contributed by atoms with van der Waals surface area (Å²) in [6.07, 6.45) is 0. The molecule has 0 spiro atoms. The molecule has 1 heterocycles. The molecule has 0 bridgehead atoms. The van der Waals surface area contributed by atoms with Gasteiger partial charge in [-0.05, 0) is 54.4 Å². The molecule has 0 aliphatic carbocycles. The Morgan fingerprint density at radius 2 is 1.77 bits per heavy atom. The number of carbonyl (C=O) groups is 1. The average molecular weight is 437 g/mol. The first kappa shape index (κ1) is 20.6. The fourth-order valence-corrected chi connectivity index (χ4v) is 3.09. The highest BCUT2D eigenvalue weighted by Crippen LogP contribution is 2.26. The summed E-state index contributed by atoms with van der Waals surface area (Å²) in [5.41, 5.74) is 2.28. The van der Waals surface area contributed by atoms with Gasteiger partial charge >= 0.3 is 6.03 Å². The number of halogens is 2. The Morgan fingerprint density at radius 1 is 1.03 bits per heavy atom. The van der Waals surface area contributed by atoms with Crippen molar-refractivity contribution in [3.8, 4) is 11.5 Å². The van der Waals surface area contributed by atoms with Crippen LogP contribution in [0.15, 0.2) is 77.2 Å². The first-order valence-corrected chi connectivity index (χ1v) is 9.85. The predicted octanol–water partition coefficient (Wildman–Crippen LogP) is 5.75. The summed E-state index contributed by atoms with van der Waals surface area (Å²) in [7, 11) is 0. The second-order valence-corrected chi connectivity index (χ2v) is 7.29. The largest absolute Gasteiger partial charge is 0.418 e. The van der Waals surface area contributed by atoms with Gasteiger partial charge in [-0.15, -0.1) is 10.2 Å². The quantitative estimate of drug-likeness (QED) is 0.417. The Labute approximate surface area is 183 Å². The van der Waals surface area contributed by atoms with Gasteiger partial charge in [0.15, 0.2) is 0 Å². The van der Waals surface area contributed by atoms with Gasteiger partial charge < -0.3 is 15.1 Å². The number of nitrogens with zero attached hydrogens (tertiary/aromatic N) is 2. The molecule has 1 unspecified atom stereocenters. The summed E-state index contributed by atoms with van der Waals surface area (Å²) < 4.78 is 19.6. The maximum absolute atomic E-state index is 13.8. The smallest absolute Gasteiger partial charge is 0.320 e. The van der Waals surface area contributed by atoms with Crippen LogP contribution in [0, 0.1) is 12.7 Å². The molecule has 31 heavy (non-hydrogen) atoms. The van der Waals surface area contributed by atoms with Crippen LogP contribution in [0.1, 0.15) is 23.1 Å². The first-order chi connectivity index (χ1) is 15.0. The molecule has 8 heteroatoms. The number of nitrogens with one attached hydrogen (secondary N) is 2. The molecule has 2 amide bonds. The number of amides is 2. The molecule has 0 saturated carbocycles. The predicted molar refractivity (Wildman–Crippen MR) is 116 cm³/mol. The monoisotopic (exact) mass is 436 g/mol. The second-order valence-electron chi connectivity index (χ2n) is 6.86. The Kier molecular flexibility index (Phi) is 5.95. The van der Waals surface area contributed by atoms with Crippen LogP contribution in [-0.4, -0.2) is 16.2 Å². The number of benzene rings is 3. The van der Waals surface area contributed by atoms with E-state index in [-0.39, 0.29) is 5.89 Å². The van der Waals surface area contributed by atoms with Gasteiger partial charge in [0.2, 0.25) is 11.8 Å². The molecule has 0 aliphatic heterocycles. The van der Waals surface area contributed by atoms with Crippen LogP contribution in [-0.2, 0) is 0 Å². The lowest BCUT2D eigenvalue weighted by Crippen LogP contribution is -2.33. The van der Waals surface area contributed by atoms with E-state index in [9.17, 15) is 9.18 Å². The number of carbonyl (C=O) groups excluding carboxylic acids is 1. The third-order valence-electron chi connectivity index (χ3n) is 4.62. The Morgan fingerprint density at radius 3 is 2.48 bits per heavy atom. The molecule has 0 fully saturated rings. The third kappa shape index (κ3) is 4.90. The summed E-state index contributed by atoms with van der Waals surface area (Å²) >= 11 is 5.93. The highest BCUT2D eigenvalue weighted by atomic mass is 35.5. The van der Waals surface area contributed by atoms with E-state index in [0.29, 0.717) is 27.7 Å². The standard InChI is InChI=1S/C23H18ClFN4O2/c1-14-7-12-18(13-19(14)25)26-23(30)27-20(15-5-3-2-4-6-15)22-29-28-21(31-22)16-8-10-17(24)11-9-16/h2-13,20H,1H3,(H2,26,27,30). The lowest BCUT2D eigenvalue weighted by Gasteiger charge is -2.16. The number of aromatic nitrogens is 2. The van der Waals surface area contributed by atoms with Crippen LogP contribution in [0.5, 0.6) is 0 Å². The lowest BCUT2D eigenvalue weighted by molar-refractivity contribution is 0.248. The molecule has 0 saturated heterocycles. The molecule has 4 rings (SSSR count). The van der Waals surface area contributed by atoms with Crippen molar-refractivity contribution in [3.63, 3.8) is 0 Å². The SMILES string of the molecule is Cc1ccc(NC(=O)NC(c2ccccc2)c2nnc(-c3ccc(Cl)cc3)o2)cc1F. The Bertz CT molecular complexity index is 1200. The normalized spacial score (nSPS) is 11.7. The fourth-order valence-electron chi connectivity index (χ4n) is 2.96. The highest BCUT2D eigenvalue weighted by Gasteiger charge is 2.23. The molecule has 0 aliphatic rings. The third-order valence-corrected chi connectivity index (χ3v) is 4.87. The van der Waals surface area contributed by atoms with Crippen LogP contribution >= 0.6 is 11.6 Å². The topological polar surface area (TPSA) is 80.0 Å². The Hall–Kier alpha value is -3.71. The van der Waals surface area contributed by atoms with Gasteiger partial charge in [-0.3, -0.25) is 0 Å². The zero-order chi connectivity index (χ0) is 21.8.